The smallest absolute Gasteiger partial charge is 0.146 e. The minimum atomic E-state index is -0.409. The quantitative estimate of drug-likeness (QED) is 0.671. The molecule has 2 unspecified atom stereocenters. The van der Waals surface area contributed by atoms with E-state index in [4.69, 9.17) is 18.9 Å². The van der Waals surface area contributed by atoms with Gasteiger partial charge in [0.1, 0.15) is 17.8 Å². The molecule has 2 rings (SSSR count). The van der Waals surface area contributed by atoms with E-state index in [0.29, 0.717) is 6.61 Å². The molecule has 0 aromatic heterocycles. The SMILES string of the molecule is COC[C@]12O[C@@H](C)C(OC1C)[C@@H]2OC. The van der Waals surface area contributed by atoms with Crippen LogP contribution in [0.25, 0.3) is 0 Å². The first-order valence-corrected chi connectivity index (χ1v) is 5.00. The maximum Gasteiger partial charge on any atom is 0.146 e. The van der Waals surface area contributed by atoms with E-state index in [-0.39, 0.29) is 24.4 Å². The lowest BCUT2D eigenvalue weighted by Gasteiger charge is -2.34. The summed E-state index contributed by atoms with van der Waals surface area (Å²) in [7, 11) is 3.37. The molecule has 14 heavy (non-hydrogen) atoms. The third-order valence-corrected chi connectivity index (χ3v) is 3.32. The van der Waals surface area contributed by atoms with E-state index in [0.717, 1.165) is 0 Å². The fourth-order valence-corrected chi connectivity index (χ4v) is 2.66. The van der Waals surface area contributed by atoms with Crippen LogP contribution in [-0.2, 0) is 18.9 Å². The zero-order chi connectivity index (χ0) is 10.3. The van der Waals surface area contributed by atoms with Crippen LogP contribution in [0.15, 0.2) is 0 Å². The summed E-state index contributed by atoms with van der Waals surface area (Å²) in [5, 5.41) is 0. The molecule has 0 aromatic rings. The summed E-state index contributed by atoms with van der Waals surface area (Å²) in [6.45, 7) is 4.55. The zero-order valence-corrected chi connectivity index (χ0v) is 9.15. The Morgan fingerprint density at radius 2 is 2.00 bits per heavy atom. The van der Waals surface area contributed by atoms with Gasteiger partial charge in [0.15, 0.2) is 0 Å². The van der Waals surface area contributed by atoms with E-state index >= 15 is 0 Å². The van der Waals surface area contributed by atoms with Crippen molar-refractivity contribution in [3.05, 3.63) is 0 Å². The molecule has 2 fully saturated rings. The van der Waals surface area contributed by atoms with Crippen LogP contribution in [0.4, 0.5) is 0 Å². The van der Waals surface area contributed by atoms with Gasteiger partial charge in [-0.05, 0) is 13.8 Å². The Morgan fingerprint density at radius 3 is 2.57 bits per heavy atom. The molecular formula is C10H18O4. The van der Waals surface area contributed by atoms with Crippen molar-refractivity contribution >= 4 is 0 Å². The Bertz CT molecular complexity index is 220. The lowest BCUT2D eigenvalue weighted by Crippen LogP contribution is -2.50. The molecule has 5 atom stereocenters. The van der Waals surface area contributed by atoms with Gasteiger partial charge in [-0.2, -0.15) is 0 Å². The number of hydrogen-bond acceptors (Lipinski definition) is 4. The van der Waals surface area contributed by atoms with Crippen LogP contribution in [0.1, 0.15) is 13.8 Å². The molecule has 2 bridgehead atoms. The Hall–Kier alpha value is -0.160. The van der Waals surface area contributed by atoms with Crippen molar-refractivity contribution < 1.29 is 18.9 Å². The molecule has 4 heteroatoms. The first kappa shape index (κ1) is 10.4. The second kappa shape index (κ2) is 3.45. The van der Waals surface area contributed by atoms with E-state index in [9.17, 15) is 0 Å². The van der Waals surface area contributed by atoms with E-state index < -0.39 is 5.60 Å². The maximum absolute atomic E-state index is 5.93. The molecule has 0 aromatic carbocycles. The summed E-state index contributed by atoms with van der Waals surface area (Å²) in [6, 6.07) is 0. The van der Waals surface area contributed by atoms with Crippen LogP contribution >= 0.6 is 0 Å². The molecule has 0 spiro atoms. The van der Waals surface area contributed by atoms with Crippen LogP contribution in [0.5, 0.6) is 0 Å². The van der Waals surface area contributed by atoms with Crippen LogP contribution in [-0.4, -0.2) is 50.8 Å². The van der Waals surface area contributed by atoms with Crippen LogP contribution in [0, 0.1) is 0 Å². The van der Waals surface area contributed by atoms with Gasteiger partial charge >= 0.3 is 0 Å². The molecule has 0 aliphatic carbocycles. The topological polar surface area (TPSA) is 36.9 Å². The first-order valence-electron chi connectivity index (χ1n) is 5.00. The second-order valence-electron chi connectivity index (χ2n) is 4.11. The number of rotatable bonds is 3. The highest BCUT2D eigenvalue weighted by Gasteiger charge is 2.64. The van der Waals surface area contributed by atoms with Crippen molar-refractivity contribution in [2.45, 2.75) is 43.9 Å². The van der Waals surface area contributed by atoms with Crippen molar-refractivity contribution in [3.63, 3.8) is 0 Å². The molecular weight excluding hydrogens is 184 g/mol. The molecule has 2 saturated heterocycles. The molecule has 2 heterocycles. The number of fused-ring (bicyclic) bond motifs is 2. The summed E-state index contributed by atoms with van der Waals surface area (Å²) < 4.78 is 22.4. The minimum Gasteiger partial charge on any atom is -0.381 e. The standard InChI is InChI=1S/C10H18O4/c1-6-8-9(12-4)10(14-6,5-11-3)7(2)13-8/h6-9H,5H2,1-4H3/t6-,7?,8?,9-,10-/m0/s1. The highest BCUT2D eigenvalue weighted by atomic mass is 16.7. The van der Waals surface area contributed by atoms with Gasteiger partial charge in [-0.1, -0.05) is 0 Å². The largest absolute Gasteiger partial charge is 0.381 e. The molecule has 4 nitrogen and oxygen atoms in total. The third-order valence-electron chi connectivity index (χ3n) is 3.32. The predicted molar refractivity (Wildman–Crippen MR) is 50.3 cm³/mol. The monoisotopic (exact) mass is 202 g/mol. The van der Waals surface area contributed by atoms with E-state index in [1.807, 2.05) is 13.8 Å². The lowest BCUT2D eigenvalue weighted by molar-refractivity contribution is -0.194. The average molecular weight is 202 g/mol. The lowest BCUT2D eigenvalue weighted by atomic mass is 9.94. The predicted octanol–water partition coefficient (Wildman–Crippen LogP) is 0.593. The number of ether oxygens (including phenoxy) is 4. The number of hydrogen-bond donors (Lipinski definition) is 0. The summed E-state index contributed by atoms with van der Waals surface area (Å²) in [4.78, 5) is 0. The first-order chi connectivity index (χ1) is 6.65. The fraction of sp³-hybridized carbons (Fsp3) is 1.00. The molecule has 0 radical (unpaired) electrons. The van der Waals surface area contributed by atoms with Crippen LogP contribution < -0.4 is 0 Å². The fourth-order valence-electron chi connectivity index (χ4n) is 2.66. The van der Waals surface area contributed by atoms with Crippen molar-refractivity contribution in [2.75, 3.05) is 20.8 Å². The van der Waals surface area contributed by atoms with Gasteiger partial charge in [-0.3, -0.25) is 0 Å². The van der Waals surface area contributed by atoms with Gasteiger partial charge in [-0.25, -0.2) is 0 Å². The Balaban J connectivity index is 2.25. The van der Waals surface area contributed by atoms with Crippen molar-refractivity contribution in [2.24, 2.45) is 0 Å². The average Bonchev–Trinajstić information content (AvgIpc) is 2.54. The summed E-state index contributed by atoms with van der Waals surface area (Å²) in [5.41, 5.74) is -0.409. The molecule has 2 aliphatic rings. The van der Waals surface area contributed by atoms with E-state index in [2.05, 4.69) is 0 Å². The highest BCUT2D eigenvalue weighted by Crippen LogP contribution is 2.45. The maximum atomic E-state index is 5.93. The highest BCUT2D eigenvalue weighted by molar-refractivity contribution is 5.11. The van der Waals surface area contributed by atoms with Gasteiger partial charge in [0.25, 0.3) is 0 Å². The summed E-state index contributed by atoms with van der Waals surface area (Å²) in [6.07, 6.45) is 0.164. The molecule has 0 amide bonds. The van der Waals surface area contributed by atoms with Crippen LogP contribution in [0.2, 0.25) is 0 Å². The van der Waals surface area contributed by atoms with Crippen molar-refractivity contribution in [1.82, 2.24) is 0 Å². The van der Waals surface area contributed by atoms with Gasteiger partial charge in [0, 0.05) is 14.2 Å². The van der Waals surface area contributed by atoms with Gasteiger partial charge in [0.05, 0.1) is 18.8 Å². The molecule has 0 saturated carbocycles. The van der Waals surface area contributed by atoms with Crippen molar-refractivity contribution in [1.29, 1.82) is 0 Å². The second-order valence-corrected chi connectivity index (χ2v) is 4.11. The Morgan fingerprint density at radius 1 is 1.29 bits per heavy atom. The Labute approximate surface area is 84.5 Å². The minimum absolute atomic E-state index is 0.00699. The zero-order valence-electron chi connectivity index (χ0n) is 9.15. The summed E-state index contributed by atoms with van der Waals surface area (Å²) in [5.74, 6) is 0. The van der Waals surface area contributed by atoms with Gasteiger partial charge < -0.3 is 18.9 Å². The van der Waals surface area contributed by atoms with Crippen LogP contribution in [0.3, 0.4) is 0 Å². The Kier molecular flexibility index (Phi) is 2.55. The van der Waals surface area contributed by atoms with Gasteiger partial charge in [0.2, 0.25) is 0 Å². The van der Waals surface area contributed by atoms with Gasteiger partial charge in [-0.15, -0.1) is 0 Å². The third kappa shape index (κ3) is 1.15. The van der Waals surface area contributed by atoms with E-state index in [1.54, 1.807) is 14.2 Å². The number of methoxy groups -OCH3 is 2. The van der Waals surface area contributed by atoms with Crippen molar-refractivity contribution in [3.8, 4) is 0 Å². The molecule has 82 valence electrons. The van der Waals surface area contributed by atoms with E-state index in [1.165, 1.54) is 0 Å². The normalized spacial score (nSPS) is 51.4. The summed E-state index contributed by atoms with van der Waals surface area (Å²) >= 11 is 0. The molecule has 2 aliphatic heterocycles. The molecule has 0 N–H and O–H groups in total.